The van der Waals surface area contributed by atoms with Gasteiger partial charge in [-0.25, -0.2) is 0 Å². The smallest absolute Gasteiger partial charge is 0.231 e. The third-order valence-electron chi connectivity index (χ3n) is 3.41. The third-order valence-corrected chi connectivity index (χ3v) is 3.41. The quantitative estimate of drug-likeness (QED) is 0.823. The van der Waals surface area contributed by atoms with Crippen molar-refractivity contribution in [2.24, 2.45) is 5.92 Å². The van der Waals surface area contributed by atoms with E-state index in [2.05, 4.69) is 0 Å². The molecule has 1 aromatic rings. The van der Waals surface area contributed by atoms with Crippen molar-refractivity contribution < 1.29 is 14.3 Å². The summed E-state index contributed by atoms with van der Waals surface area (Å²) in [5, 5.41) is 0. The maximum Gasteiger partial charge on any atom is 0.231 e. The first-order valence-corrected chi connectivity index (χ1v) is 6.34. The van der Waals surface area contributed by atoms with E-state index in [1.165, 1.54) is 0 Å². The average Bonchev–Trinajstić information content (AvgIpc) is 2.86. The molecule has 0 bridgehead atoms. The topological polar surface area (TPSA) is 38.8 Å². The highest BCUT2D eigenvalue weighted by Crippen LogP contribution is 2.35. The minimum Gasteiger partial charge on any atom is -0.454 e. The van der Waals surface area contributed by atoms with Gasteiger partial charge in [-0.2, -0.15) is 0 Å². The molecule has 1 amide bonds. The van der Waals surface area contributed by atoms with E-state index in [1.807, 2.05) is 32.0 Å². The van der Waals surface area contributed by atoms with Gasteiger partial charge >= 0.3 is 0 Å². The van der Waals surface area contributed by atoms with E-state index < -0.39 is 0 Å². The minimum absolute atomic E-state index is 0.0837. The molecule has 0 radical (unpaired) electrons. The fraction of sp³-hybridized carbons (Fsp3) is 0.500. The fourth-order valence-electron chi connectivity index (χ4n) is 2.13. The largest absolute Gasteiger partial charge is 0.454 e. The Morgan fingerprint density at radius 1 is 1.28 bits per heavy atom. The zero-order valence-electron chi connectivity index (χ0n) is 11.1. The second-order valence-electron chi connectivity index (χ2n) is 4.45. The average molecular weight is 249 g/mol. The molecular weight excluding hydrogens is 230 g/mol. The Kier molecular flexibility index (Phi) is 3.75. The molecule has 0 saturated carbocycles. The molecule has 0 aliphatic carbocycles. The summed E-state index contributed by atoms with van der Waals surface area (Å²) in [5.41, 5.74) is 0.844. The zero-order chi connectivity index (χ0) is 13.1. The van der Waals surface area contributed by atoms with Gasteiger partial charge in [0.1, 0.15) is 0 Å². The molecule has 0 aromatic heterocycles. The van der Waals surface area contributed by atoms with Crippen LogP contribution in [0.5, 0.6) is 11.5 Å². The summed E-state index contributed by atoms with van der Waals surface area (Å²) in [6.45, 7) is 4.34. The Balaban J connectivity index is 2.18. The number of amides is 1. The van der Waals surface area contributed by atoms with Gasteiger partial charge in [-0.1, -0.05) is 13.8 Å². The number of hydrogen-bond donors (Lipinski definition) is 0. The molecule has 1 aliphatic rings. The normalized spacial score (nSPS) is 12.9. The first-order valence-electron chi connectivity index (χ1n) is 6.34. The van der Waals surface area contributed by atoms with Crippen molar-refractivity contribution in [3.8, 4) is 11.5 Å². The number of carbonyl (C=O) groups excluding carboxylic acids is 1. The SMILES string of the molecule is CCC(CC)C(=O)N(C)c1ccc2c(c1)OCO2. The Bertz CT molecular complexity index is 441. The van der Waals surface area contributed by atoms with Crippen LogP contribution in [0.3, 0.4) is 0 Å². The van der Waals surface area contributed by atoms with Crippen molar-refractivity contribution in [3.63, 3.8) is 0 Å². The number of ether oxygens (including phenoxy) is 2. The van der Waals surface area contributed by atoms with Crippen LogP contribution in [0.2, 0.25) is 0 Å². The van der Waals surface area contributed by atoms with E-state index in [0.29, 0.717) is 5.75 Å². The van der Waals surface area contributed by atoms with Crippen molar-refractivity contribution >= 4 is 11.6 Å². The van der Waals surface area contributed by atoms with Crippen LogP contribution in [0.4, 0.5) is 5.69 Å². The summed E-state index contributed by atoms with van der Waals surface area (Å²) < 4.78 is 10.6. The van der Waals surface area contributed by atoms with Crippen LogP contribution in [0.15, 0.2) is 18.2 Å². The summed E-state index contributed by atoms with van der Waals surface area (Å²) in [6, 6.07) is 5.57. The summed E-state index contributed by atoms with van der Waals surface area (Å²) >= 11 is 0. The molecule has 1 aliphatic heterocycles. The Morgan fingerprint density at radius 3 is 2.61 bits per heavy atom. The number of carbonyl (C=O) groups is 1. The van der Waals surface area contributed by atoms with Gasteiger partial charge in [-0.15, -0.1) is 0 Å². The van der Waals surface area contributed by atoms with Crippen LogP contribution in [0.1, 0.15) is 26.7 Å². The molecule has 0 unspecified atom stereocenters. The van der Waals surface area contributed by atoms with Crippen molar-refractivity contribution in [1.82, 2.24) is 0 Å². The lowest BCUT2D eigenvalue weighted by molar-refractivity contribution is -0.122. The van der Waals surface area contributed by atoms with Crippen molar-refractivity contribution in [2.75, 3.05) is 18.7 Å². The first kappa shape index (κ1) is 12.7. The fourth-order valence-corrected chi connectivity index (χ4v) is 2.13. The van der Waals surface area contributed by atoms with Gasteiger partial charge < -0.3 is 14.4 Å². The van der Waals surface area contributed by atoms with E-state index in [-0.39, 0.29) is 18.6 Å². The zero-order valence-corrected chi connectivity index (χ0v) is 11.1. The highest BCUT2D eigenvalue weighted by molar-refractivity contribution is 5.94. The second kappa shape index (κ2) is 5.29. The molecule has 4 nitrogen and oxygen atoms in total. The van der Waals surface area contributed by atoms with E-state index in [9.17, 15) is 4.79 Å². The number of rotatable bonds is 4. The number of benzene rings is 1. The lowest BCUT2D eigenvalue weighted by atomic mass is 10.0. The molecule has 0 saturated heterocycles. The molecular formula is C14H19NO3. The lowest BCUT2D eigenvalue weighted by Crippen LogP contribution is -2.32. The van der Waals surface area contributed by atoms with Gasteiger partial charge in [0.25, 0.3) is 0 Å². The van der Waals surface area contributed by atoms with Crippen LogP contribution in [-0.4, -0.2) is 19.7 Å². The second-order valence-corrected chi connectivity index (χ2v) is 4.45. The molecule has 18 heavy (non-hydrogen) atoms. The lowest BCUT2D eigenvalue weighted by Gasteiger charge is -2.22. The predicted molar refractivity (Wildman–Crippen MR) is 70.0 cm³/mol. The van der Waals surface area contributed by atoms with Crippen molar-refractivity contribution in [2.45, 2.75) is 26.7 Å². The van der Waals surface area contributed by atoms with E-state index in [1.54, 1.807) is 11.9 Å². The number of nitrogens with zero attached hydrogens (tertiary/aromatic N) is 1. The van der Waals surface area contributed by atoms with Crippen LogP contribution in [-0.2, 0) is 4.79 Å². The molecule has 0 atom stereocenters. The Morgan fingerprint density at radius 2 is 1.94 bits per heavy atom. The maximum absolute atomic E-state index is 12.3. The van der Waals surface area contributed by atoms with Gasteiger partial charge in [0.2, 0.25) is 12.7 Å². The van der Waals surface area contributed by atoms with Crippen molar-refractivity contribution in [3.05, 3.63) is 18.2 Å². The maximum atomic E-state index is 12.3. The Labute approximate surface area is 107 Å². The van der Waals surface area contributed by atoms with Crippen LogP contribution < -0.4 is 14.4 Å². The molecule has 1 heterocycles. The van der Waals surface area contributed by atoms with E-state index in [4.69, 9.17) is 9.47 Å². The molecule has 0 fully saturated rings. The van der Waals surface area contributed by atoms with Crippen LogP contribution in [0, 0.1) is 5.92 Å². The first-order chi connectivity index (χ1) is 8.67. The van der Waals surface area contributed by atoms with E-state index in [0.717, 1.165) is 24.3 Å². The van der Waals surface area contributed by atoms with Crippen LogP contribution >= 0.6 is 0 Å². The van der Waals surface area contributed by atoms with Gasteiger partial charge in [0.05, 0.1) is 0 Å². The monoisotopic (exact) mass is 249 g/mol. The molecule has 2 rings (SSSR count). The number of fused-ring (bicyclic) bond motifs is 1. The third kappa shape index (κ3) is 2.28. The molecule has 0 N–H and O–H groups in total. The van der Waals surface area contributed by atoms with Crippen LogP contribution in [0.25, 0.3) is 0 Å². The highest BCUT2D eigenvalue weighted by atomic mass is 16.7. The van der Waals surface area contributed by atoms with Gasteiger partial charge in [-0.05, 0) is 25.0 Å². The summed E-state index contributed by atoms with van der Waals surface area (Å²) in [6.07, 6.45) is 1.73. The van der Waals surface area contributed by atoms with Gasteiger partial charge in [0, 0.05) is 24.7 Å². The number of anilines is 1. The highest BCUT2D eigenvalue weighted by Gasteiger charge is 2.21. The molecule has 0 spiro atoms. The Hall–Kier alpha value is -1.71. The standard InChI is InChI=1S/C14H19NO3/c1-4-10(5-2)14(16)15(3)11-6-7-12-13(8-11)18-9-17-12/h6-8,10H,4-5,9H2,1-3H3. The van der Waals surface area contributed by atoms with Crippen molar-refractivity contribution in [1.29, 1.82) is 0 Å². The minimum atomic E-state index is 0.0837. The summed E-state index contributed by atoms with van der Waals surface area (Å²) in [4.78, 5) is 14.0. The predicted octanol–water partition coefficient (Wildman–Crippen LogP) is 2.81. The van der Waals surface area contributed by atoms with Gasteiger partial charge in [-0.3, -0.25) is 4.79 Å². The molecule has 1 aromatic carbocycles. The molecule has 98 valence electrons. The number of hydrogen-bond acceptors (Lipinski definition) is 3. The van der Waals surface area contributed by atoms with Gasteiger partial charge in [0.15, 0.2) is 11.5 Å². The van der Waals surface area contributed by atoms with E-state index >= 15 is 0 Å². The summed E-state index contributed by atoms with van der Waals surface area (Å²) in [7, 11) is 1.80. The molecule has 4 heteroatoms. The summed E-state index contributed by atoms with van der Waals surface area (Å²) in [5.74, 6) is 1.68.